The van der Waals surface area contributed by atoms with Gasteiger partial charge < -0.3 is 5.32 Å². The van der Waals surface area contributed by atoms with Gasteiger partial charge in [0.2, 0.25) is 11.8 Å². The first-order valence-electron chi connectivity index (χ1n) is 7.65. The van der Waals surface area contributed by atoms with Gasteiger partial charge in [0, 0.05) is 24.0 Å². The van der Waals surface area contributed by atoms with Crippen molar-refractivity contribution in [3.8, 4) is 0 Å². The molecular weight excluding hydrogens is 310 g/mol. The van der Waals surface area contributed by atoms with E-state index >= 15 is 0 Å². The van der Waals surface area contributed by atoms with Crippen molar-refractivity contribution in [2.24, 2.45) is 0 Å². The van der Waals surface area contributed by atoms with Gasteiger partial charge in [0.1, 0.15) is 0 Å². The lowest BCUT2D eigenvalue weighted by atomic mass is 10.1. The Morgan fingerprint density at radius 1 is 1.35 bits per heavy atom. The summed E-state index contributed by atoms with van der Waals surface area (Å²) in [6.45, 7) is 4.78. The van der Waals surface area contributed by atoms with Gasteiger partial charge in [-0.2, -0.15) is 0 Å². The van der Waals surface area contributed by atoms with Crippen LogP contribution in [-0.4, -0.2) is 23.3 Å². The Morgan fingerprint density at radius 3 is 2.87 bits per heavy atom. The molecule has 1 fully saturated rings. The van der Waals surface area contributed by atoms with Gasteiger partial charge in [0.25, 0.3) is 0 Å². The second-order valence-corrected chi connectivity index (χ2v) is 6.63. The molecule has 23 heavy (non-hydrogen) atoms. The zero-order chi connectivity index (χ0) is 16.4. The molecule has 2 aromatic rings. The molecular formula is C17H19N3O2S. The molecule has 0 atom stereocenters. The van der Waals surface area contributed by atoms with Crippen molar-refractivity contribution in [1.29, 1.82) is 0 Å². The maximum absolute atomic E-state index is 12.1. The molecule has 1 saturated heterocycles. The van der Waals surface area contributed by atoms with Crippen LogP contribution < -0.4 is 10.2 Å². The van der Waals surface area contributed by atoms with Crippen LogP contribution in [0.2, 0.25) is 0 Å². The Bertz CT molecular complexity index is 754. The second kappa shape index (κ2) is 6.50. The SMILES string of the molecule is Cc1ccc(NC(=O)Cc2csc(N3CCCC3=O)n2)cc1C. The van der Waals surface area contributed by atoms with Gasteiger partial charge in [-0.15, -0.1) is 11.3 Å². The molecule has 1 aromatic heterocycles. The minimum absolute atomic E-state index is 0.0992. The summed E-state index contributed by atoms with van der Waals surface area (Å²) in [6.07, 6.45) is 1.68. The molecule has 5 nitrogen and oxygen atoms in total. The number of aryl methyl sites for hydroxylation is 2. The van der Waals surface area contributed by atoms with Crippen LogP contribution in [0.3, 0.4) is 0 Å². The zero-order valence-corrected chi connectivity index (χ0v) is 14.1. The minimum atomic E-state index is -0.0992. The van der Waals surface area contributed by atoms with E-state index in [2.05, 4.69) is 10.3 Å². The maximum Gasteiger partial charge on any atom is 0.230 e. The first kappa shape index (κ1) is 15.7. The topological polar surface area (TPSA) is 62.3 Å². The van der Waals surface area contributed by atoms with Crippen LogP contribution in [0.25, 0.3) is 0 Å². The van der Waals surface area contributed by atoms with E-state index in [9.17, 15) is 9.59 Å². The fourth-order valence-corrected chi connectivity index (χ4v) is 3.41. The van der Waals surface area contributed by atoms with Crippen molar-refractivity contribution in [2.75, 3.05) is 16.8 Å². The second-order valence-electron chi connectivity index (χ2n) is 5.79. The molecule has 1 aliphatic heterocycles. The first-order valence-corrected chi connectivity index (χ1v) is 8.53. The van der Waals surface area contributed by atoms with E-state index in [1.54, 1.807) is 4.90 Å². The highest BCUT2D eigenvalue weighted by Gasteiger charge is 2.24. The number of carbonyl (C=O) groups excluding carboxylic acids is 2. The lowest BCUT2D eigenvalue weighted by Gasteiger charge is -2.10. The quantitative estimate of drug-likeness (QED) is 0.937. The number of anilines is 2. The van der Waals surface area contributed by atoms with Gasteiger partial charge in [-0.1, -0.05) is 6.07 Å². The molecule has 0 unspecified atom stereocenters. The van der Waals surface area contributed by atoms with Gasteiger partial charge in [0.05, 0.1) is 12.1 Å². The molecule has 0 saturated carbocycles. The Morgan fingerprint density at radius 2 is 2.17 bits per heavy atom. The van der Waals surface area contributed by atoms with Crippen LogP contribution in [0.15, 0.2) is 23.6 Å². The number of hydrogen-bond donors (Lipinski definition) is 1. The lowest BCUT2D eigenvalue weighted by Crippen LogP contribution is -2.23. The molecule has 1 aromatic carbocycles. The van der Waals surface area contributed by atoms with Crippen molar-refractivity contribution < 1.29 is 9.59 Å². The smallest absolute Gasteiger partial charge is 0.230 e. The number of carbonyl (C=O) groups is 2. The monoisotopic (exact) mass is 329 g/mol. The summed E-state index contributed by atoms with van der Waals surface area (Å²) in [7, 11) is 0. The normalized spacial score (nSPS) is 14.3. The summed E-state index contributed by atoms with van der Waals surface area (Å²) in [4.78, 5) is 30.0. The minimum Gasteiger partial charge on any atom is -0.326 e. The van der Waals surface area contributed by atoms with Crippen molar-refractivity contribution in [3.05, 3.63) is 40.4 Å². The van der Waals surface area contributed by atoms with Crippen LogP contribution in [0.4, 0.5) is 10.8 Å². The molecule has 2 heterocycles. The predicted octanol–water partition coefficient (Wildman–Crippen LogP) is 3.07. The van der Waals surface area contributed by atoms with Gasteiger partial charge in [0.15, 0.2) is 5.13 Å². The van der Waals surface area contributed by atoms with Crippen LogP contribution in [0.1, 0.15) is 29.7 Å². The largest absolute Gasteiger partial charge is 0.326 e. The van der Waals surface area contributed by atoms with Gasteiger partial charge >= 0.3 is 0 Å². The Hall–Kier alpha value is -2.21. The summed E-state index contributed by atoms with van der Waals surface area (Å²) >= 11 is 1.42. The number of thiazole rings is 1. The number of hydrogen-bond acceptors (Lipinski definition) is 4. The summed E-state index contributed by atoms with van der Waals surface area (Å²) in [6, 6.07) is 5.85. The standard InChI is InChI=1S/C17H19N3O2S/c1-11-5-6-13(8-12(11)2)18-15(21)9-14-10-23-17(19-14)20-7-3-4-16(20)22/h5-6,8,10H,3-4,7,9H2,1-2H3,(H,18,21). The molecule has 1 aliphatic rings. The van der Waals surface area contributed by atoms with Crippen molar-refractivity contribution in [1.82, 2.24) is 4.98 Å². The third-order valence-electron chi connectivity index (χ3n) is 3.98. The summed E-state index contributed by atoms with van der Waals surface area (Å²) in [5.74, 6) is 0.0170. The molecule has 6 heteroatoms. The van der Waals surface area contributed by atoms with E-state index in [0.717, 1.165) is 24.2 Å². The average molecular weight is 329 g/mol. The highest BCUT2D eigenvalue weighted by Crippen LogP contribution is 2.25. The number of aromatic nitrogens is 1. The molecule has 120 valence electrons. The van der Waals surface area contributed by atoms with E-state index in [0.29, 0.717) is 17.2 Å². The molecule has 0 bridgehead atoms. The maximum atomic E-state index is 12.1. The molecule has 1 N–H and O–H groups in total. The number of nitrogens with one attached hydrogen (secondary N) is 1. The molecule has 0 radical (unpaired) electrons. The van der Waals surface area contributed by atoms with Gasteiger partial charge in [-0.25, -0.2) is 4.98 Å². The predicted molar refractivity (Wildman–Crippen MR) is 92.0 cm³/mol. The molecule has 0 spiro atoms. The van der Waals surface area contributed by atoms with Crippen molar-refractivity contribution in [2.45, 2.75) is 33.1 Å². The van der Waals surface area contributed by atoms with E-state index < -0.39 is 0 Å². The average Bonchev–Trinajstić information content (AvgIpc) is 3.11. The van der Waals surface area contributed by atoms with E-state index in [-0.39, 0.29) is 18.2 Å². The third-order valence-corrected chi connectivity index (χ3v) is 4.89. The first-order chi connectivity index (χ1) is 11.0. The van der Waals surface area contributed by atoms with Gasteiger partial charge in [-0.3, -0.25) is 14.5 Å². The summed E-state index contributed by atoms with van der Waals surface area (Å²) in [5, 5.41) is 5.44. The van der Waals surface area contributed by atoms with E-state index in [1.165, 1.54) is 16.9 Å². The van der Waals surface area contributed by atoms with E-state index in [1.807, 2.05) is 37.4 Å². The number of nitrogens with zero attached hydrogens (tertiary/aromatic N) is 2. The number of amides is 2. The number of rotatable bonds is 4. The fraction of sp³-hybridized carbons (Fsp3) is 0.353. The van der Waals surface area contributed by atoms with E-state index in [4.69, 9.17) is 0 Å². The Balaban J connectivity index is 1.63. The van der Waals surface area contributed by atoms with Crippen molar-refractivity contribution in [3.63, 3.8) is 0 Å². The lowest BCUT2D eigenvalue weighted by molar-refractivity contribution is -0.117. The zero-order valence-electron chi connectivity index (χ0n) is 13.3. The van der Waals surface area contributed by atoms with Crippen LogP contribution >= 0.6 is 11.3 Å². The molecule has 0 aliphatic carbocycles. The van der Waals surface area contributed by atoms with Gasteiger partial charge in [-0.05, 0) is 43.5 Å². The molecule has 2 amide bonds. The van der Waals surface area contributed by atoms with Crippen LogP contribution in [0.5, 0.6) is 0 Å². The highest BCUT2D eigenvalue weighted by atomic mass is 32.1. The van der Waals surface area contributed by atoms with Crippen LogP contribution in [-0.2, 0) is 16.0 Å². The fourth-order valence-electron chi connectivity index (χ4n) is 2.54. The number of benzene rings is 1. The summed E-state index contributed by atoms with van der Waals surface area (Å²) in [5.41, 5.74) is 3.84. The third kappa shape index (κ3) is 3.59. The van der Waals surface area contributed by atoms with Crippen LogP contribution in [0, 0.1) is 13.8 Å². The summed E-state index contributed by atoms with van der Waals surface area (Å²) < 4.78 is 0. The highest BCUT2D eigenvalue weighted by molar-refractivity contribution is 7.14. The molecule has 3 rings (SSSR count). The Labute approximate surface area is 139 Å². The van der Waals surface area contributed by atoms with Crippen molar-refractivity contribution >= 4 is 34.0 Å². The Kier molecular flexibility index (Phi) is 4.43.